The molecule has 1 unspecified atom stereocenters. The number of H-pyrrole nitrogens is 1. The number of ether oxygens (including phenoxy) is 3. The third-order valence-electron chi connectivity index (χ3n) is 12.6. The fourth-order valence-corrected chi connectivity index (χ4v) is 9.01. The first-order chi connectivity index (χ1) is 38.6. The summed E-state index contributed by atoms with van der Waals surface area (Å²) >= 11 is 13.1. The number of phenols is 2. The summed E-state index contributed by atoms with van der Waals surface area (Å²) in [5.74, 6) is 10.2. The average Bonchev–Trinajstić information content (AvgIpc) is 3.96. The van der Waals surface area contributed by atoms with E-state index in [0.717, 1.165) is 65.3 Å². The van der Waals surface area contributed by atoms with Gasteiger partial charge in [0.1, 0.15) is 41.2 Å². The number of nitrogens with zero attached hydrogens (tertiary/aromatic N) is 2. The molecule has 14 nitrogen and oxygen atoms in total. The fraction of sp³-hybridized carbons (Fsp3) is 0.422. The predicted octanol–water partition coefficient (Wildman–Crippen LogP) is 14.8. The number of allylic oxidation sites excluding steroid dienone is 1. The lowest BCUT2D eigenvalue weighted by atomic mass is 9.75. The Morgan fingerprint density at radius 3 is 2.16 bits per heavy atom. The highest BCUT2D eigenvalue weighted by atomic mass is 35.5. The van der Waals surface area contributed by atoms with E-state index in [0.29, 0.717) is 85.2 Å². The maximum Gasteiger partial charge on any atom is 0.319 e. The summed E-state index contributed by atoms with van der Waals surface area (Å²) < 4.78 is 16.3. The first-order valence-electron chi connectivity index (χ1n) is 27.0. The molecule has 0 bridgehead atoms. The van der Waals surface area contributed by atoms with Crippen molar-refractivity contribution in [2.24, 2.45) is 0 Å². The van der Waals surface area contributed by atoms with Gasteiger partial charge in [0.25, 0.3) is 0 Å². The van der Waals surface area contributed by atoms with E-state index >= 15 is 0 Å². The number of terminal acetylenes is 1. The lowest BCUT2D eigenvalue weighted by molar-refractivity contribution is -0.200. The monoisotopic (exact) mass is 1160 g/mol. The van der Waals surface area contributed by atoms with Crippen molar-refractivity contribution in [1.29, 1.82) is 0 Å². The van der Waals surface area contributed by atoms with Gasteiger partial charge >= 0.3 is 11.9 Å². The lowest BCUT2D eigenvalue weighted by Crippen LogP contribution is -2.21. The van der Waals surface area contributed by atoms with Gasteiger partial charge in [0.15, 0.2) is 11.3 Å². The standard InChI is InChI=1S/C32H42O6.C20H24ClNO2.C12H12ClN3O2S/c1-8-10-12-14-21-36-30(35)17-16-19-31(4,5)26-23-29(34)27(24-28(26)33)32(6,7)20-18-25(3)38-37-22-15-13-11-9-2;1-4-16-13-17(8-9-18(16)21)22-20(23)6-5-11-24-19-10-7-14(2)12-15(19)3;1-8(19-12-14-7-15-16-12)11(17)18-6-9-2-4-10(13)5-3-9/h2,23-24,33-34H,3,8,10,12,14,16-21H2,1,4-7H3;7-10,12-13H,4-6,11H2,1-3H3,(H,22,23);2-5,7-8H,6H2,1H3,(H,14,15,16). The topological polar surface area (TPSA) is 191 Å². The van der Waals surface area contributed by atoms with Gasteiger partial charge in [0.05, 0.1) is 13.2 Å². The van der Waals surface area contributed by atoms with Crippen LogP contribution in [0.15, 0.2) is 96.6 Å². The average molecular weight is 1170 g/mol. The first-order valence-corrected chi connectivity index (χ1v) is 28.6. The summed E-state index contributed by atoms with van der Waals surface area (Å²) in [6.07, 6.45) is 17.5. The predicted molar refractivity (Wildman–Crippen MR) is 323 cm³/mol. The van der Waals surface area contributed by atoms with Gasteiger partial charge in [0, 0.05) is 58.0 Å². The number of hydrogen-bond donors (Lipinski definition) is 4. The van der Waals surface area contributed by atoms with Gasteiger partial charge in [-0.05, 0) is 147 Å². The van der Waals surface area contributed by atoms with Crippen LogP contribution in [0, 0.1) is 50.1 Å². The number of halogens is 2. The Balaban J connectivity index is 0.000000341. The summed E-state index contributed by atoms with van der Waals surface area (Å²) in [6.45, 7) is 23.0. The maximum atomic E-state index is 12.0. The molecule has 1 amide bonds. The van der Waals surface area contributed by atoms with Crippen LogP contribution in [0.3, 0.4) is 0 Å². The van der Waals surface area contributed by atoms with Crippen molar-refractivity contribution < 1.29 is 48.6 Å². The highest BCUT2D eigenvalue weighted by molar-refractivity contribution is 8.00. The number of anilines is 1. The molecule has 0 radical (unpaired) electrons. The molecule has 4 aromatic carbocycles. The van der Waals surface area contributed by atoms with Gasteiger partial charge in [0.2, 0.25) is 5.91 Å². The van der Waals surface area contributed by atoms with Crippen molar-refractivity contribution in [1.82, 2.24) is 15.2 Å². The minimum atomic E-state index is -0.499. The molecule has 0 aliphatic heterocycles. The van der Waals surface area contributed by atoms with Gasteiger partial charge in [-0.1, -0.05) is 132 Å². The number of aromatic amines is 1. The minimum Gasteiger partial charge on any atom is -0.508 e. The maximum absolute atomic E-state index is 12.0. The summed E-state index contributed by atoms with van der Waals surface area (Å²) in [4.78, 5) is 49.6. The molecule has 0 saturated carbocycles. The second-order valence-electron chi connectivity index (χ2n) is 20.3. The number of benzene rings is 4. The SMILES string of the molecule is C#CC#CC#COOC(=C)CCC(C)(C)c1cc(O)c(C(C)(C)CCCC(=O)OCCCCCC)cc1O.CC(Sc1ncn[nH]1)C(=O)OCc1ccc(Cl)cc1.CCc1cc(NC(=O)CCCOc2ccc(C)cc2C)ccc1Cl. The molecule has 0 fully saturated rings. The third kappa shape index (κ3) is 26.3. The summed E-state index contributed by atoms with van der Waals surface area (Å²) in [7, 11) is 0. The Kier molecular flexibility index (Phi) is 30.4. The Morgan fingerprint density at radius 2 is 1.52 bits per heavy atom. The molecule has 1 aromatic heterocycles. The number of phenolic OH excluding ortho intramolecular Hbond substituents is 2. The Morgan fingerprint density at radius 1 is 0.815 bits per heavy atom. The van der Waals surface area contributed by atoms with Crippen molar-refractivity contribution >= 4 is 58.5 Å². The van der Waals surface area contributed by atoms with Crippen molar-refractivity contribution in [3.63, 3.8) is 0 Å². The number of hydrogen-bond acceptors (Lipinski definition) is 13. The van der Waals surface area contributed by atoms with Crippen LogP contribution >= 0.6 is 35.0 Å². The highest BCUT2D eigenvalue weighted by Crippen LogP contribution is 2.44. The number of aryl methyl sites for hydroxylation is 3. The van der Waals surface area contributed by atoms with Gasteiger partial charge < -0.3 is 29.7 Å². The molecule has 81 heavy (non-hydrogen) atoms. The van der Waals surface area contributed by atoms with E-state index in [1.54, 1.807) is 31.2 Å². The van der Waals surface area contributed by atoms with E-state index in [4.69, 9.17) is 53.6 Å². The molecule has 5 aromatic rings. The van der Waals surface area contributed by atoms with Gasteiger partial charge in [-0.2, -0.15) is 5.10 Å². The van der Waals surface area contributed by atoms with Crippen LogP contribution in [-0.4, -0.2) is 61.7 Å². The lowest BCUT2D eigenvalue weighted by Gasteiger charge is -2.30. The molecule has 4 N–H and O–H groups in total. The minimum absolute atomic E-state index is 0.0106. The zero-order valence-corrected chi connectivity index (χ0v) is 50.5. The van der Waals surface area contributed by atoms with Crippen molar-refractivity contribution in [2.75, 3.05) is 18.5 Å². The number of aromatic nitrogens is 3. The first kappa shape index (κ1) is 68.1. The molecule has 1 heterocycles. The van der Waals surface area contributed by atoms with E-state index in [-0.39, 0.29) is 41.2 Å². The van der Waals surface area contributed by atoms with E-state index in [2.05, 4.69) is 76.8 Å². The summed E-state index contributed by atoms with van der Waals surface area (Å²) in [5.41, 5.74) is 5.35. The number of carbonyl (C=O) groups excluding carboxylic acids is 3. The molecule has 5 rings (SSSR count). The highest BCUT2D eigenvalue weighted by Gasteiger charge is 2.30. The number of rotatable bonds is 28. The molecule has 0 spiro atoms. The van der Waals surface area contributed by atoms with Crippen LogP contribution in [0.4, 0.5) is 5.69 Å². The van der Waals surface area contributed by atoms with Crippen LogP contribution in [-0.2, 0) is 57.5 Å². The Hall–Kier alpha value is -7.22. The van der Waals surface area contributed by atoms with E-state index in [1.807, 2.05) is 84.0 Å². The second-order valence-corrected chi connectivity index (χ2v) is 22.5. The largest absolute Gasteiger partial charge is 0.508 e. The fourth-order valence-electron chi connectivity index (χ4n) is 7.92. The van der Waals surface area contributed by atoms with Crippen molar-refractivity contribution in [3.05, 3.63) is 135 Å². The Labute approximate surface area is 493 Å². The van der Waals surface area contributed by atoms with Crippen molar-refractivity contribution in [2.45, 2.75) is 167 Å². The van der Waals surface area contributed by atoms with Gasteiger partial charge in [-0.3, -0.25) is 24.4 Å². The van der Waals surface area contributed by atoms with Crippen LogP contribution in [0.1, 0.15) is 152 Å². The number of aromatic hydroxyl groups is 2. The van der Waals surface area contributed by atoms with Gasteiger partial charge in [-0.15, -0.1) is 6.42 Å². The van der Waals surface area contributed by atoms with Crippen LogP contribution in [0.5, 0.6) is 17.2 Å². The zero-order chi connectivity index (χ0) is 59.8. The smallest absolute Gasteiger partial charge is 0.319 e. The van der Waals surface area contributed by atoms with Crippen LogP contribution in [0.25, 0.3) is 0 Å². The van der Waals surface area contributed by atoms with Crippen molar-refractivity contribution in [3.8, 4) is 53.5 Å². The molecule has 0 aliphatic carbocycles. The Bertz CT molecular complexity index is 2970. The zero-order valence-electron chi connectivity index (χ0n) is 48.2. The normalized spacial score (nSPS) is 11.0. The molecule has 0 saturated heterocycles. The molecule has 17 heteroatoms. The molecular formula is C64H78Cl2N4O10S. The molecule has 434 valence electrons. The van der Waals surface area contributed by atoms with Crippen LogP contribution in [0.2, 0.25) is 10.0 Å². The summed E-state index contributed by atoms with van der Waals surface area (Å²) in [6, 6.07) is 22.1. The van der Waals surface area contributed by atoms with E-state index in [9.17, 15) is 24.6 Å². The third-order valence-corrected chi connectivity index (χ3v) is 14.2. The van der Waals surface area contributed by atoms with Gasteiger partial charge in [-0.25, -0.2) is 9.87 Å². The summed E-state index contributed by atoms with van der Waals surface area (Å²) in [5, 5.41) is 32.7. The second kappa shape index (κ2) is 36.2. The quantitative estimate of drug-likeness (QED) is 0.00541. The number of unbranched alkanes of at least 4 members (excludes halogenated alkanes) is 3. The van der Waals surface area contributed by atoms with E-state index in [1.165, 1.54) is 23.7 Å². The van der Waals surface area contributed by atoms with E-state index < -0.39 is 10.8 Å². The molecule has 1 atom stereocenters. The van der Waals surface area contributed by atoms with Crippen LogP contribution < -0.4 is 10.1 Å². The number of carbonyl (C=O) groups is 3. The molecular weight excluding hydrogens is 1090 g/mol. The number of esters is 2. The number of amides is 1. The molecule has 0 aliphatic rings. The number of nitrogens with one attached hydrogen (secondary N) is 2. The number of thioether (sulfide) groups is 1.